The average Bonchev–Trinajstić information content (AvgIpc) is 3.08. The molecule has 0 fully saturated rings. The molecule has 0 bridgehead atoms. The minimum atomic E-state index is 0.264. The van der Waals surface area contributed by atoms with Crippen LogP contribution in [0, 0.1) is 0 Å². The van der Waals surface area contributed by atoms with E-state index in [1.54, 1.807) is 13.3 Å². The van der Waals surface area contributed by atoms with E-state index >= 15 is 0 Å². The molecule has 3 N–H and O–H groups in total. The molecular formula is C14H19N4O+. The van der Waals surface area contributed by atoms with Crippen molar-refractivity contribution in [1.82, 2.24) is 4.90 Å². The summed E-state index contributed by atoms with van der Waals surface area (Å²) in [6.45, 7) is 2.07. The van der Waals surface area contributed by atoms with E-state index < -0.39 is 0 Å². The Balaban J connectivity index is 1.99. The molecule has 1 unspecified atom stereocenters. The summed E-state index contributed by atoms with van der Waals surface area (Å²) < 4.78 is 5.10. The molecule has 5 heteroatoms. The second kappa shape index (κ2) is 5.67. The molecule has 2 rings (SSSR count). The largest absolute Gasteiger partial charge is 0.497 e. The zero-order chi connectivity index (χ0) is 13.8. The van der Waals surface area contributed by atoms with Crippen molar-refractivity contribution in [2.75, 3.05) is 14.2 Å². The monoisotopic (exact) mass is 259 g/mol. The Morgan fingerprint density at radius 1 is 1.26 bits per heavy atom. The van der Waals surface area contributed by atoms with Crippen LogP contribution in [0.25, 0.3) is 0 Å². The fourth-order valence-corrected chi connectivity index (χ4v) is 1.94. The first kappa shape index (κ1) is 13.3. The molecule has 1 aromatic carbocycles. The lowest BCUT2D eigenvalue weighted by molar-refractivity contribution is -0.276. The Morgan fingerprint density at radius 3 is 2.53 bits per heavy atom. The van der Waals surface area contributed by atoms with Gasteiger partial charge in [0.1, 0.15) is 11.9 Å². The number of nitrogens with zero attached hydrogens (tertiary/aromatic N) is 3. The van der Waals surface area contributed by atoms with Crippen molar-refractivity contribution in [2.45, 2.75) is 13.0 Å². The number of ether oxygens (including phenoxy) is 1. The van der Waals surface area contributed by atoms with Gasteiger partial charge in [0.25, 0.3) is 0 Å². The van der Waals surface area contributed by atoms with E-state index in [1.165, 1.54) is 5.57 Å². The van der Waals surface area contributed by atoms with Gasteiger partial charge in [-0.05, 0) is 36.8 Å². The zero-order valence-electron chi connectivity index (χ0n) is 11.5. The van der Waals surface area contributed by atoms with Crippen LogP contribution in [0.15, 0.2) is 58.2 Å². The smallest absolute Gasteiger partial charge is 0.119 e. The Morgan fingerprint density at radius 2 is 1.95 bits per heavy atom. The van der Waals surface area contributed by atoms with Crippen molar-refractivity contribution in [2.24, 2.45) is 10.2 Å². The zero-order valence-corrected chi connectivity index (χ0v) is 11.5. The number of quaternary nitrogens is 1. The molecular weight excluding hydrogens is 240 g/mol. The number of hydrogen-bond donors (Lipinski definition) is 1. The third-order valence-corrected chi connectivity index (χ3v) is 3.08. The quantitative estimate of drug-likeness (QED) is 0.823. The molecule has 1 atom stereocenters. The summed E-state index contributed by atoms with van der Waals surface area (Å²) in [5.41, 5.74) is 6.78. The third kappa shape index (κ3) is 3.00. The summed E-state index contributed by atoms with van der Waals surface area (Å²) in [7, 11) is 3.65. The number of benzene rings is 1. The van der Waals surface area contributed by atoms with Crippen molar-refractivity contribution < 1.29 is 10.5 Å². The molecule has 0 heterocycles. The van der Waals surface area contributed by atoms with Gasteiger partial charge in [0.2, 0.25) is 0 Å². The lowest BCUT2D eigenvalue weighted by Gasteiger charge is -2.11. The van der Waals surface area contributed by atoms with Gasteiger partial charge in [0.05, 0.1) is 30.7 Å². The summed E-state index contributed by atoms with van der Waals surface area (Å²) in [5, 5.41) is 8.53. The molecule has 19 heavy (non-hydrogen) atoms. The molecule has 100 valence electrons. The molecule has 0 saturated heterocycles. The van der Waals surface area contributed by atoms with Crippen molar-refractivity contribution in [3.8, 4) is 5.75 Å². The minimum absolute atomic E-state index is 0.264. The second-order valence-electron chi connectivity index (χ2n) is 4.42. The molecule has 0 amide bonds. The molecule has 0 spiro atoms. The number of likely N-dealkylation sites (N-methyl/N-ethyl adjacent to an activating group) is 1. The Hall–Kier alpha value is -2.14. The van der Waals surface area contributed by atoms with Crippen LogP contribution >= 0.6 is 0 Å². The fourth-order valence-electron chi connectivity index (χ4n) is 1.94. The molecule has 1 aliphatic rings. The highest BCUT2D eigenvalue weighted by atomic mass is 16.5. The maximum Gasteiger partial charge on any atom is 0.119 e. The highest BCUT2D eigenvalue weighted by molar-refractivity contribution is 5.46. The van der Waals surface area contributed by atoms with E-state index in [1.807, 2.05) is 37.5 Å². The van der Waals surface area contributed by atoms with Crippen LogP contribution in [0.4, 0.5) is 5.69 Å². The Labute approximate surface area is 113 Å². The van der Waals surface area contributed by atoms with Crippen LogP contribution in [-0.2, 0) is 0 Å². The third-order valence-electron chi connectivity index (χ3n) is 3.08. The average molecular weight is 259 g/mol. The number of hydrogen-bond acceptors (Lipinski definition) is 4. The molecule has 0 aromatic heterocycles. The van der Waals surface area contributed by atoms with Gasteiger partial charge in [-0.25, -0.2) is 0 Å². The van der Waals surface area contributed by atoms with Crippen molar-refractivity contribution in [1.29, 1.82) is 0 Å². The lowest BCUT2D eigenvalue weighted by atomic mass is 10.3. The van der Waals surface area contributed by atoms with Gasteiger partial charge in [0.15, 0.2) is 0 Å². The van der Waals surface area contributed by atoms with Gasteiger partial charge in [-0.3, -0.25) is 0 Å². The van der Waals surface area contributed by atoms with Crippen LogP contribution in [0.5, 0.6) is 5.75 Å². The van der Waals surface area contributed by atoms with Crippen LogP contribution in [0.2, 0.25) is 0 Å². The topological polar surface area (TPSA) is 64.8 Å². The van der Waals surface area contributed by atoms with Gasteiger partial charge >= 0.3 is 0 Å². The van der Waals surface area contributed by atoms with E-state index in [4.69, 9.17) is 4.74 Å². The van der Waals surface area contributed by atoms with E-state index in [0.29, 0.717) is 0 Å². The van der Waals surface area contributed by atoms with Crippen LogP contribution in [0.1, 0.15) is 6.92 Å². The highest BCUT2D eigenvalue weighted by Gasteiger charge is 2.36. The van der Waals surface area contributed by atoms with Crippen molar-refractivity contribution >= 4 is 5.69 Å². The van der Waals surface area contributed by atoms with Gasteiger partial charge in [-0.15, -0.1) is 0 Å². The van der Waals surface area contributed by atoms with Crippen LogP contribution in [0.3, 0.4) is 0 Å². The normalized spacial score (nSPS) is 18.4. The summed E-state index contributed by atoms with van der Waals surface area (Å²) in [5.74, 6) is 0.818. The summed E-state index contributed by atoms with van der Waals surface area (Å²) in [6.07, 6.45) is 3.70. The van der Waals surface area contributed by atoms with E-state index in [9.17, 15) is 0 Å². The van der Waals surface area contributed by atoms with E-state index in [0.717, 1.165) is 17.1 Å². The van der Waals surface area contributed by atoms with Crippen LogP contribution in [-0.4, -0.2) is 25.1 Å². The predicted octanol–water partition coefficient (Wildman–Crippen LogP) is 2.08. The predicted molar refractivity (Wildman–Crippen MR) is 73.8 cm³/mol. The Bertz CT molecular complexity index is 531. The first-order chi connectivity index (χ1) is 9.17. The van der Waals surface area contributed by atoms with Gasteiger partial charge in [0, 0.05) is 7.05 Å². The maximum absolute atomic E-state index is 5.10. The summed E-state index contributed by atoms with van der Waals surface area (Å²) >= 11 is 0. The highest BCUT2D eigenvalue weighted by Crippen LogP contribution is 2.37. The molecule has 0 saturated carbocycles. The first-order valence-corrected chi connectivity index (χ1v) is 6.11. The van der Waals surface area contributed by atoms with Gasteiger partial charge < -0.3 is 15.4 Å². The standard InChI is InChI=1S/C14H18N4O/c1-10-13(14(10)18(2)9-8-15)17-16-11-4-6-12(19-3)7-5-11/h4-9,14H,15H2,1-3H3/p+1. The summed E-state index contributed by atoms with van der Waals surface area (Å²) in [6, 6.07) is 7.78. The Kier molecular flexibility index (Phi) is 3.97. The van der Waals surface area contributed by atoms with Crippen molar-refractivity contribution in [3.63, 3.8) is 0 Å². The van der Waals surface area contributed by atoms with E-state index in [-0.39, 0.29) is 6.04 Å². The minimum Gasteiger partial charge on any atom is -0.497 e. The molecule has 0 radical (unpaired) electrons. The van der Waals surface area contributed by atoms with E-state index in [2.05, 4.69) is 27.8 Å². The molecule has 5 nitrogen and oxygen atoms in total. The number of methoxy groups -OCH3 is 1. The molecule has 0 aliphatic heterocycles. The van der Waals surface area contributed by atoms with Gasteiger partial charge in [-0.1, -0.05) is 0 Å². The number of rotatable bonds is 5. The van der Waals surface area contributed by atoms with Crippen molar-refractivity contribution in [3.05, 3.63) is 47.9 Å². The second-order valence-corrected chi connectivity index (χ2v) is 4.42. The van der Waals surface area contributed by atoms with Gasteiger partial charge in [-0.2, -0.15) is 10.2 Å². The summed E-state index contributed by atoms with van der Waals surface area (Å²) in [4.78, 5) is 2.07. The molecule has 1 aliphatic carbocycles. The first-order valence-electron chi connectivity index (χ1n) is 6.11. The lowest BCUT2D eigenvalue weighted by Crippen LogP contribution is -2.40. The van der Waals surface area contributed by atoms with Crippen LogP contribution < -0.4 is 10.5 Å². The maximum atomic E-state index is 5.10. The number of azo groups is 1. The fraction of sp³-hybridized carbons (Fsp3) is 0.286. The molecule has 1 aromatic rings. The SMILES string of the molecule is COc1ccc(N=NC2=C(C)C2N(C)C=C[NH3+])cc1.